The Morgan fingerprint density at radius 1 is 0.750 bits per heavy atom. The topological polar surface area (TPSA) is 165 Å². The first-order valence-corrected chi connectivity index (χ1v) is 12.8. The van der Waals surface area contributed by atoms with Crippen molar-refractivity contribution >= 4 is 95.9 Å². The summed E-state index contributed by atoms with van der Waals surface area (Å²) in [7, 11) is -8.04. The van der Waals surface area contributed by atoms with Gasteiger partial charge in [0.1, 0.15) is 7.05 Å². The number of hydrogen-bond acceptors (Lipinski definition) is 7. The van der Waals surface area contributed by atoms with E-state index in [0.717, 1.165) is 50.1 Å². The fraction of sp³-hybridized carbons (Fsp3) is 0.150. The van der Waals surface area contributed by atoms with Crippen molar-refractivity contribution < 1.29 is 56.5 Å². The van der Waals surface area contributed by atoms with Crippen LogP contribution < -0.4 is 23.5 Å². The Hall–Kier alpha value is -1.35. The number of pyridine rings is 1. The number of nitrogens with zero attached hydrogens (tertiary/aromatic N) is 1. The Kier molecular flexibility index (Phi) is 8.76. The van der Waals surface area contributed by atoms with E-state index in [1.807, 2.05) is 12.1 Å². The summed E-state index contributed by atoms with van der Waals surface area (Å²) in [4.78, 5) is 31.0. The van der Waals surface area contributed by atoms with Crippen molar-refractivity contribution in [3.05, 3.63) is 42.6 Å². The van der Waals surface area contributed by atoms with Crippen molar-refractivity contribution in [2.75, 3.05) is 13.6 Å². The van der Waals surface area contributed by atoms with Gasteiger partial charge in [-0.1, -0.05) is 6.07 Å². The Morgan fingerprint density at radius 2 is 1.33 bits per heavy atom. The Balaban J connectivity index is 0.000000287. The summed E-state index contributed by atoms with van der Waals surface area (Å²) in [6, 6.07) is 12.5. The quantitative estimate of drug-likeness (QED) is 0.0991. The normalized spacial score (nSPS) is 13.7. The van der Waals surface area contributed by atoms with Crippen molar-refractivity contribution in [1.29, 1.82) is 0 Å². The van der Waals surface area contributed by atoms with Crippen molar-refractivity contribution in [2.24, 2.45) is 7.05 Å². The van der Waals surface area contributed by atoms with Crippen molar-refractivity contribution in [2.45, 2.75) is 0 Å². The third-order valence-corrected chi connectivity index (χ3v) is 6.94. The molecule has 3 aromatic carbocycles. The van der Waals surface area contributed by atoms with Gasteiger partial charge in [-0.3, -0.25) is 0 Å². The molecule has 190 valence electrons. The predicted molar refractivity (Wildman–Crippen MR) is 135 cm³/mol. The molecule has 0 atom stereocenters. The third-order valence-electron chi connectivity index (χ3n) is 5.24. The fourth-order valence-electron chi connectivity index (χ4n) is 4.05. The zero-order valence-electron chi connectivity index (χ0n) is 18.9. The standard InChI is InChI=1S/C20H14NO4.H4O7P2.2Sn.4H/c1-21-8-15-12(4-5-16-20(15)25-10-22-16)13-3-2-11-6-17-18(24-9-23-17)7-14(11)19(13)21;1-8(2,3)7-9(4,5)6;;;;;;/h2-8H,9-10H2,1H3;(H2,1,2,3)(H2,4,5,6);;;;;;/q+1;;;;;;;. The SMILES string of the molecule is C[n+]1cc2c3c(ccc2c2ccc4cc5c(cc4c21)OCO5)OCO3.O=P(O)(O)OP(=O)(O)O.[SnH2].[SnH2]. The van der Waals surface area contributed by atoms with Gasteiger partial charge in [0.05, 0.1) is 16.2 Å². The van der Waals surface area contributed by atoms with E-state index in [0.29, 0.717) is 0 Å². The van der Waals surface area contributed by atoms with Gasteiger partial charge in [-0.2, -0.15) is 8.88 Å². The van der Waals surface area contributed by atoms with Gasteiger partial charge in [0.25, 0.3) is 0 Å². The summed E-state index contributed by atoms with van der Waals surface area (Å²) >= 11 is 0. The average Bonchev–Trinajstić information content (AvgIpc) is 3.38. The van der Waals surface area contributed by atoms with Crippen molar-refractivity contribution in [3.63, 3.8) is 0 Å². The van der Waals surface area contributed by atoms with Gasteiger partial charge in [-0.15, -0.1) is 0 Å². The van der Waals surface area contributed by atoms with Crippen LogP contribution in [0.3, 0.4) is 0 Å². The molecule has 6 rings (SSSR count). The molecule has 2 aliphatic heterocycles. The molecule has 2 aliphatic rings. The van der Waals surface area contributed by atoms with Gasteiger partial charge >= 0.3 is 63.5 Å². The minimum absolute atomic E-state index is 0. The van der Waals surface area contributed by atoms with E-state index in [1.54, 1.807) is 0 Å². The molecular weight excluding hydrogens is 730 g/mol. The number of phosphoric acid groups is 2. The maximum absolute atomic E-state index is 9.63. The van der Waals surface area contributed by atoms with Crippen LogP contribution in [0, 0.1) is 0 Å². The Labute approximate surface area is 237 Å². The number of hydrogen-bond donors (Lipinski definition) is 4. The molecule has 0 saturated carbocycles. The number of aryl methyl sites for hydroxylation is 1. The summed E-state index contributed by atoms with van der Waals surface area (Å²) < 4.78 is 46.6. The van der Waals surface area contributed by atoms with Gasteiger partial charge in [0.15, 0.2) is 29.2 Å². The number of aromatic nitrogens is 1. The van der Waals surface area contributed by atoms with Crippen LogP contribution in [-0.4, -0.2) is 81.0 Å². The van der Waals surface area contributed by atoms with Crippen LogP contribution in [0.4, 0.5) is 0 Å². The van der Waals surface area contributed by atoms with E-state index in [2.05, 4.69) is 46.4 Å². The molecule has 0 spiro atoms. The van der Waals surface area contributed by atoms with Crippen LogP contribution in [0.5, 0.6) is 23.0 Å². The third kappa shape index (κ3) is 5.87. The first-order chi connectivity index (χ1) is 16.0. The molecule has 3 heterocycles. The van der Waals surface area contributed by atoms with E-state index < -0.39 is 15.6 Å². The fourth-order valence-corrected chi connectivity index (χ4v) is 5.16. The molecule has 0 fully saturated rings. The summed E-state index contributed by atoms with van der Waals surface area (Å²) in [5.74, 6) is 3.22. The van der Waals surface area contributed by atoms with Crippen LogP contribution in [0.25, 0.3) is 32.4 Å². The van der Waals surface area contributed by atoms with Gasteiger partial charge in [-0.25, -0.2) is 9.13 Å². The van der Waals surface area contributed by atoms with Crippen LogP contribution in [0.2, 0.25) is 0 Å². The number of benzene rings is 3. The first kappa shape index (κ1) is 29.2. The molecule has 0 aliphatic carbocycles. The molecule has 36 heavy (non-hydrogen) atoms. The molecule has 4 radical (unpaired) electrons. The molecule has 0 bridgehead atoms. The zero-order valence-corrected chi connectivity index (χ0v) is 28.7. The van der Waals surface area contributed by atoms with E-state index in [1.165, 1.54) is 5.39 Å². The van der Waals surface area contributed by atoms with Gasteiger partial charge < -0.3 is 38.5 Å². The number of ether oxygens (including phenoxy) is 4. The van der Waals surface area contributed by atoms with Crippen LogP contribution in [0.1, 0.15) is 0 Å². The van der Waals surface area contributed by atoms with Crippen LogP contribution in [0.15, 0.2) is 42.6 Å². The van der Waals surface area contributed by atoms with Gasteiger partial charge in [-0.05, 0) is 35.7 Å². The van der Waals surface area contributed by atoms with Crippen LogP contribution >= 0.6 is 15.6 Å². The van der Waals surface area contributed by atoms with Crippen LogP contribution in [-0.2, 0) is 20.5 Å². The number of fused-ring (bicyclic) bond motifs is 8. The van der Waals surface area contributed by atoms with E-state index >= 15 is 0 Å². The average molecular weight is 752 g/mol. The van der Waals surface area contributed by atoms with Gasteiger partial charge in [0.2, 0.25) is 19.1 Å². The van der Waals surface area contributed by atoms with Crippen molar-refractivity contribution in [3.8, 4) is 23.0 Å². The Morgan fingerprint density at radius 3 is 1.97 bits per heavy atom. The summed E-state index contributed by atoms with van der Waals surface area (Å²) in [5.41, 5.74) is 1.15. The van der Waals surface area contributed by atoms with Crippen molar-refractivity contribution in [1.82, 2.24) is 0 Å². The minimum atomic E-state index is -5.05. The Bertz CT molecular complexity index is 1550. The second-order valence-electron chi connectivity index (χ2n) is 7.45. The molecule has 0 amide bonds. The molecule has 1 aromatic heterocycles. The molecule has 16 heteroatoms. The number of rotatable bonds is 2. The molecule has 12 nitrogen and oxygen atoms in total. The summed E-state index contributed by atoms with van der Waals surface area (Å²) in [5, 5.41) is 5.66. The molecule has 0 saturated heterocycles. The van der Waals surface area contributed by atoms with E-state index in [4.69, 9.17) is 38.5 Å². The summed E-state index contributed by atoms with van der Waals surface area (Å²) in [6.45, 7) is 0.555. The molecule has 4 aromatic rings. The van der Waals surface area contributed by atoms with E-state index in [-0.39, 0.29) is 61.4 Å². The molecular formula is C20H22NO11P2Sn2+. The molecule has 0 unspecified atom stereocenters. The first-order valence-electron chi connectivity index (χ1n) is 9.70. The summed E-state index contributed by atoms with van der Waals surface area (Å²) in [6.07, 6.45) is 2.11. The van der Waals surface area contributed by atoms with E-state index in [9.17, 15) is 9.13 Å². The second-order valence-corrected chi connectivity index (χ2v) is 10.1. The maximum atomic E-state index is 9.63. The zero-order chi connectivity index (χ0) is 24.3. The monoisotopic (exact) mass is 754 g/mol. The second kappa shape index (κ2) is 10.8. The van der Waals surface area contributed by atoms with Gasteiger partial charge in [0, 0.05) is 5.39 Å². The predicted octanol–water partition coefficient (Wildman–Crippen LogP) is 0.784. The molecule has 4 N–H and O–H groups in total.